The van der Waals surface area contributed by atoms with E-state index in [1.54, 1.807) is 0 Å². The number of ether oxygens (including phenoxy) is 1. The third kappa shape index (κ3) is 3.45. The fraction of sp³-hybridized carbons (Fsp3) is 0.0769. The zero-order chi connectivity index (χ0) is 15.6. The Morgan fingerprint density at radius 1 is 1.24 bits per heavy atom. The predicted molar refractivity (Wildman–Crippen MR) is 82.3 cm³/mol. The first-order valence-electron chi connectivity index (χ1n) is 5.75. The average Bonchev–Trinajstić information content (AvgIpc) is 2.42. The fourth-order valence-corrected chi connectivity index (χ4v) is 3.17. The van der Waals surface area contributed by atoms with Crippen LogP contribution < -0.4 is 15.2 Å². The summed E-state index contributed by atoms with van der Waals surface area (Å²) in [5.41, 5.74) is 5.98. The lowest BCUT2D eigenvalue weighted by Crippen LogP contribution is -2.14. The largest absolute Gasteiger partial charge is 0.495 e. The van der Waals surface area contributed by atoms with Crippen molar-refractivity contribution in [1.82, 2.24) is 0 Å². The molecule has 0 spiro atoms. The number of nitrogen functional groups attached to an aromatic ring is 1. The van der Waals surface area contributed by atoms with E-state index in [-0.39, 0.29) is 26.5 Å². The zero-order valence-electron chi connectivity index (χ0n) is 10.9. The summed E-state index contributed by atoms with van der Waals surface area (Å²) in [5, 5.41) is 0. The van der Waals surface area contributed by atoms with Gasteiger partial charge in [-0.25, -0.2) is 12.8 Å². The topological polar surface area (TPSA) is 81.4 Å². The molecule has 0 saturated carbocycles. The molecule has 0 unspecified atom stereocenters. The summed E-state index contributed by atoms with van der Waals surface area (Å²) < 4.78 is 45.7. The van der Waals surface area contributed by atoms with Gasteiger partial charge in [-0.15, -0.1) is 0 Å². The van der Waals surface area contributed by atoms with Crippen LogP contribution in [0.4, 0.5) is 15.8 Å². The Labute approximate surface area is 130 Å². The number of rotatable bonds is 4. The van der Waals surface area contributed by atoms with Crippen molar-refractivity contribution in [2.45, 2.75) is 4.90 Å². The number of halogens is 2. The Hall–Kier alpha value is -1.80. The van der Waals surface area contributed by atoms with Crippen LogP contribution in [-0.2, 0) is 10.0 Å². The minimum Gasteiger partial charge on any atom is -0.495 e. The van der Waals surface area contributed by atoms with Crippen LogP contribution in [0, 0.1) is 5.82 Å². The number of nitrogens with one attached hydrogen (secondary N) is 1. The summed E-state index contributed by atoms with van der Waals surface area (Å²) in [7, 11) is -2.59. The second-order valence-corrected chi connectivity index (χ2v) is 6.65. The Morgan fingerprint density at radius 3 is 2.57 bits per heavy atom. The Balaban J connectivity index is 2.42. The van der Waals surface area contributed by atoms with Gasteiger partial charge >= 0.3 is 0 Å². The lowest BCUT2D eigenvalue weighted by atomic mass is 10.3. The van der Waals surface area contributed by atoms with Gasteiger partial charge in [0, 0.05) is 5.69 Å². The highest BCUT2D eigenvalue weighted by atomic mass is 79.9. The second kappa shape index (κ2) is 5.90. The normalized spacial score (nSPS) is 11.2. The van der Waals surface area contributed by atoms with Crippen molar-refractivity contribution >= 4 is 37.3 Å². The molecule has 0 fully saturated rings. The number of sulfonamides is 1. The van der Waals surface area contributed by atoms with E-state index in [0.717, 1.165) is 6.07 Å². The number of benzene rings is 2. The predicted octanol–water partition coefficient (Wildman–Crippen LogP) is 2.98. The molecular weight excluding hydrogens is 363 g/mol. The molecule has 112 valence electrons. The molecule has 0 aliphatic carbocycles. The van der Waals surface area contributed by atoms with Gasteiger partial charge in [0.25, 0.3) is 10.0 Å². The van der Waals surface area contributed by atoms with Crippen LogP contribution in [0.2, 0.25) is 0 Å². The van der Waals surface area contributed by atoms with E-state index in [9.17, 15) is 12.8 Å². The van der Waals surface area contributed by atoms with Crippen LogP contribution >= 0.6 is 15.9 Å². The van der Waals surface area contributed by atoms with Gasteiger partial charge < -0.3 is 10.5 Å². The zero-order valence-corrected chi connectivity index (χ0v) is 13.3. The summed E-state index contributed by atoms with van der Waals surface area (Å²) in [5.74, 6) is -0.427. The van der Waals surface area contributed by atoms with E-state index in [1.165, 1.54) is 37.4 Å². The summed E-state index contributed by atoms with van der Waals surface area (Å²) >= 11 is 3.00. The van der Waals surface area contributed by atoms with E-state index in [1.807, 2.05) is 0 Å². The summed E-state index contributed by atoms with van der Waals surface area (Å²) in [6.07, 6.45) is 0. The van der Waals surface area contributed by atoms with Crippen molar-refractivity contribution < 1.29 is 17.5 Å². The molecular formula is C13H12BrFN2O3S. The van der Waals surface area contributed by atoms with Crippen LogP contribution in [0.3, 0.4) is 0 Å². The van der Waals surface area contributed by atoms with Crippen LogP contribution in [-0.4, -0.2) is 15.5 Å². The van der Waals surface area contributed by atoms with Crippen LogP contribution in [0.25, 0.3) is 0 Å². The summed E-state index contributed by atoms with van der Waals surface area (Å²) in [6, 6.07) is 8.16. The third-order valence-corrected chi connectivity index (χ3v) is 4.69. The maximum atomic E-state index is 13.4. The molecule has 8 heteroatoms. The molecule has 2 aromatic rings. The first-order valence-corrected chi connectivity index (χ1v) is 8.02. The van der Waals surface area contributed by atoms with Gasteiger partial charge in [-0.2, -0.15) is 0 Å². The molecule has 5 nitrogen and oxygen atoms in total. The Kier molecular flexibility index (Phi) is 4.38. The van der Waals surface area contributed by atoms with Gasteiger partial charge in [-0.1, -0.05) is 0 Å². The standard InChI is InChI=1S/C13H12BrFN2O3S/c1-20-12-5-2-8(16)6-13(12)21(18,19)17-9-3-4-10(14)11(15)7-9/h2-7,17H,16H2,1H3. The molecule has 0 heterocycles. The maximum absolute atomic E-state index is 13.4. The molecule has 0 saturated heterocycles. The highest BCUT2D eigenvalue weighted by molar-refractivity contribution is 9.10. The fourth-order valence-electron chi connectivity index (χ4n) is 1.67. The molecule has 2 aromatic carbocycles. The number of hydrogen-bond donors (Lipinski definition) is 2. The van der Waals surface area contributed by atoms with Gasteiger partial charge in [0.05, 0.1) is 17.3 Å². The lowest BCUT2D eigenvalue weighted by Gasteiger charge is -2.12. The molecule has 2 rings (SSSR count). The highest BCUT2D eigenvalue weighted by Gasteiger charge is 2.20. The molecule has 3 N–H and O–H groups in total. The van der Waals surface area contributed by atoms with Crippen molar-refractivity contribution in [3.63, 3.8) is 0 Å². The summed E-state index contributed by atoms with van der Waals surface area (Å²) in [4.78, 5) is -0.117. The molecule has 0 radical (unpaired) electrons. The van der Waals surface area contributed by atoms with Crippen LogP contribution in [0.5, 0.6) is 5.75 Å². The molecule has 0 bridgehead atoms. The minimum absolute atomic E-state index is 0.0974. The van der Waals surface area contributed by atoms with Crippen molar-refractivity contribution in [2.24, 2.45) is 0 Å². The van der Waals surface area contributed by atoms with E-state index >= 15 is 0 Å². The number of hydrogen-bond acceptors (Lipinski definition) is 4. The van der Waals surface area contributed by atoms with Crippen molar-refractivity contribution in [2.75, 3.05) is 17.6 Å². The summed E-state index contributed by atoms with van der Waals surface area (Å²) in [6.45, 7) is 0. The van der Waals surface area contributed by atoms with E-state index in [0.29, 0.717) is 0 Å². The number of methoxy groups -OCH3 is 1. The van der Waals surface area contributed by atoms with Gasteiger partial charge in [0.2, 0.25) is 0 Å². The smallest absolute Gasteiger partial charge is 0.265 e. The number of anilines is 2. The van der Waals surface area contributed by atoms with E-state index in [4.69, 9.17) is 10.5 Å². The second-order valence-electron chi connectivity index (χ2n) is 4.14. The highest BCUT2D eigenvalue weighted by Crippen LogP contribution is 2.28. The van der Waals surface area contributed by atoms with Crippen LogP contribution in [0.1, 0.15) is 0 Å². The van der Waals surface area contributed by atoms with Gasteiger partial charge in [0.15, 0.2) is 0 Å². The Bertz CT molecular complexity index is 781. The molecule has 0 aliphatic rings. The molecule has 0 aliphatic heterocycles. The monoisotopic (exact) mass is 374 g/mol. The average molecular weight is 375 g/mol. The molecule has 0 atom stereocenters. The van der Waals surface area contributed by atoms with Gasteiger partial charge in [0.1, 0.15) is 16.5 Å². The first kappa shape index (κ1) is 15.6. The third-order valence-electron chi connectivity index (χ3n) is 2.65. The van der Waals surface area contributed by atoms with Crippen molar-refractivity contribution in [3.05, 3.63) is 46.7 Å². The van der Waals surface area contributed by atoms with Gasteiger partial charge in [-0.05, 0) is 52.3 Å². The van der Waals surface area contributed by atoms with E-state index in [2.05, 4.69) is 20.7 Å². The minimum atomic E-state index is -3.95. The molecule has 0 amide bonds. The molecule has 21 heavy (non-hydrogen) atoms. The SMILES string of the molecule is COc1ccc(N)cc1S(=O)(=O)Nc1ccc(Br)c(F)c1. The Morgan fingerprint density at radius 2 is 1.95 bits per heavy atom. The first-order chi connectivity index (χ1) is 9.83. The molecule has 0 aromatic heterocycles. The maximum Gasteiger partial charge on any atom is 0.265 e. The van der Waals surface area contributed by atoms with E-state index < -0.39 is 15.8 Å². The van der Waals surface area contributed by atoms with Crippen molar-refractivity contribution in [3.8, 4) is 5.75 Å². The van der Waals surface area contributed by atoms with Crippen molar-refractivity contribution in [1.29, 1.82) is 0 Å². The van der Waals surface area contributed by atoms with Crippen LogP contribution in [0.15, 0.2) is 45.8 Å². The quantitative estimate of drug-likeness (QED) is 0.806. The lowest BCUT2D eigenvalue weighted by molar-refractivity contribution is 0.403. The number of nitrogens with two attached hydrogens (primary N) is 1. The van der Waals surface area contributed by atoms with Gasteiger partial charge in [-0.3, -0.25) is 4.72 Å².